The van der Waals surface area contributed by atoms with Gasteiger partial charge in [0, 0.05) is 25.0 Å². The van der Waals surface area contributed by atoms with Crippen molar-refractivity contribution in [2.75, 3.05) is 25.2 Å². The van der Waals surface area contributed by atoms with Gasteiger partial charge in [0.1, 0.15) is 5.69 Å². The summed E-state index contributed by atoms with van der Waals surface area (Å²) < 4.78 is 4.98. The Balaban J connectivity index is 1.94. The van der Waals surface area contributed by atoms with E-state index in [1.54, 1.807) is 13.2 Å². The fourth-order valence-corrected chi connectivity index (χ4v) is 2.80. The summed E-state index contributed by atoms with van der Waals surface area (Å²) in [6.45, 7) is 3.34. The van der Waals surface area contributed by atoms with Crippen molar-refractivity contribution >= 4 is 17.5 Å². The number of benzene rings is 2. The summed E-state index contributed by atoms with van der Waals surface area (Å²) in [4.78, 5) is 23.6. The second-order valence-corrected chi connectivity index (χ2v) is 6.35. The molecule has 6 heteroatoms. The Labute approximate surface area is 165 Å². The Kier molecular flexibility index (Phi) is 6.70. The SMILES string of the molecule is COCCNC(=O)c1cc(C)nc(N(Cc2ccccc2)c2ccccc2)n1. The van der Waals surface area contributed by atoms with Crippen molar-refractivity contribution in [2.24, 2.45) is 0 Å². The molecule has 0 fully saturated rings. The highest BCUT2D eigenvalue weighted by Crippen LogP contribution is 2.25. The first-order chi connectivity index (χ1) is 13.7. The highest BCUT2D eigenvalue weighted by atomic mass is 16.5. The molecule has 144 valence electrons. The topological polar surface area (TPSA) is 67.3 Å². The maximum Gasteiger partial charge on any atom is 0.270 e. The zero-order valence-corrected chi connectivity index (χ0v) is 16.1. The first-order valence-corrected chi connectivity index (χ1v) is 9.16. The third-order valence-corrected chi connectivity index (χ3v) is 4.16. The summed E-state index contributed by atoms with van der Waals surface area (Å²) in [5, 5.41) is 2.81. The van der Waals surface area contributed by atoms with Crippen molar-refractivity contribution in [3.63, 3.8) is 0 Å². The largest absolute Gasteiger partial charge is 0.383 e. The molecule has 28 heavy (non-hydrogen) atoms. The van der Waals surface area contributed by atoms with Gasteiger partial charge in [-0.05, 0) is 30.7 Å². The molecule has 0 saturated carbocycles. The van der Waals surface area contributed by atoms with Crippen LogP contribution in [0.25, 0.3) is 0 Å². The van der Waals surface area contributed by atoms with Crippen LogP contribution in [0, 0.1) is 6.92 Å². The van der Waals surface area contributed by atoms with E-state index in [4.69, 9.17) is 4.74 Å². The number of amides is 1. The van der Waals surface area contributed by atoms with Crippen molar-refractivity contribution in [3.8, 4) is 0 Å². The smallest absolute Gasteiger partial charge is 0.270 e. The minimum atomic E-state index is -0.239. The Hall–Kier alpha value is -3.25. The van der Waals surface area contributed by atoms with E-state index >= 15 is 0 Å². The Morgan fingerprint density at radius 1 is 1.04 bits per heavy atom. The molecule has 0 aliphatic rings. The number of ether oxygens (including phenoxy) is 1. The van der Waals surface area contributed by atoms with Crippen molar-refractivity contribution in [3.05, 3.63) is 83.7 Å². The highest BCUT2D eigenvalue weighted by Gasteiger charge is 2.17. The molecule has 0 aliphatic heterocycles. The van der Waals surface area contributed by atoms with E-state index in [0.717, 1.165) is 16.9 Å². The van der Waals surface area contributed by atoms with Crippen LogP contribution >= 0.6 is 0 Å². The molecular weight excluding hydrogens is 352 g/mol. The lowest BCUT2D eigenvalue weighted by Gasteiger charge is -2.23. The molecule has 1 N–H and O–H groups in total. The Bertz CT molecular complexity index is 901. The number of nitrogens with one attached hydrogen (secondary N) is 1. The van der Waals surface area contributed by atoms with Crippen LogP contribution in [0.5, 0.6) is 0 Å². The predicted octanol–water partition coefficient (Wildman–Crippen LogP) is 3.50. The molecule has 6 nitrogen and oxygen atoms in total. The van der Waals surface area contributed by atoms with Gasteiger partial charge in [-0.3, -0.25) is 4.79 Å². The Morgan fingerprint density at radius 2 is 1.71 bits per heavy atom. The first kappa shape index (κ1) is 19.5. The number of aryl methyl sites for hydroxylation is 1. The van der Waals surface area contributed by atoms with Crippen molar-refractivity contribution in [1.29, 1.82) is 0 Å². The number of carbonyl (C=O) groups excluding carboxylic acids is 1. The van der Waals surface area contributed by atoms with Gasteiger partial charge in [-0.25, -0.2) is 9.97 Å². The van der Waals surface area contributed by atoms with Crippen LogP contribution in [0.1, 0.15) is 21.7 Å². The summed E-state index contributed by atoms with van der Waals surface area (Å²) in [6, 6.07) is 21.7. The van der Waals surface area contributed by atoms with E-state index in [9.17, 15) is 4.79 Å². The maximum atomic E-state index is 12.5. The van der Waals surface area contributed by atoms with Crippen LogP contribution in [0.2, 0.25) is 0 Å². The molecule has 0 saturated heterocycles. The number of rotatable bonds is 8. The van der Waals surface area contributed by atoms with Crippen LogP contribution in [0.4, 0.5) is 11.6 Å². The van der Waals surface area contributed by atoms with Crippen LogP contribution in [0.15, 0.2) is 66.7 Å². The number of carbonyl (C=O) groups is 1. The van der Waals surface area contributed by atoms with Gasteiger partial charge in [-0.2, -0.15) is 0 Å². The number of anilines is 2. The van der Waals surface area contributed by atoms with Crippen LogP contribution < -0.4 is 10.2 Å². The van der Waals surface area contributed by atoms with Gasteiger partial charge in [0.15, 0.2) is 0 Å². The summed E-state index contributed by atoms with van der Waals surface area (Å²) in [5.74, 6) is 0.253. The highest BCUT2D eigenvalue weighted by molar-refractivity contribution is 5.92. The van der Waals surface area contributed by atoms with Crippen LogP contribution in [-0.4, -0.2) is 36.1 Å². The van der Waals surface area contributed by atoms with Gasteiger partial charge in [0.25, 0.3) is 5.91 Å². The third kappa shape index (κ3) is 5.14. The monoisotopic (exact) mass is 376 g/mol. The average Bonchev–Trinajstić information content (AvgIpc) is 2.73. The van der Waals surface area contributed by atoms with E-state index in [0.29, 0.717) is 31.3 Å². The zero-order chi connectivity index (χ0) is 19.8. The van der Waals surface area contributed by atoms with Gasteiger partial charge in [-0.1, -0.05) is 48.5 Å². The van der Waals surface area contributed by atoms with E-state index in [2.05, 4.69) is 27.4 Å². The summed E-state index contributed by atoms with van der Waals surface area (Å²) >= 11 is 0. The quantitative estimate of drug-likeness (QED) is 0.610. The average molecular weight is 376 g/mol. The van der Waals surface area contributed by atoms with Gasteiger partial charge < -0.3 is 15.0 Å². The molecule has 0 radical (unpaired) electrons. The van der Waals surface area contributed by atoms with Crippen LogP contribution in [0.3, 0.4) is 0 Å². The van der Waals surface area contributed by atoms with Gasteiger partial charge in [0.05, 0.1) is 13.2 Å². The normalized spacial score (nSPS) is 10.5. The van der Waals surface area contributed by atoms with Gasteiger partial charge in [0.2, 0.25) is 5.95 Å². The number of hydrogen-bond donors (Lipinski definition) is 1. The fourth-order valence-electron chi connectivity index (χ4n) is 2.80. The summed E-state index contributed by atoms with van der Waals surface area (Å²) in [7, 11) is 1.60. The van der Waals surface area contributed by atoms with Crippen LogP contribution in [-0.2, 0) is 11.3 Å². The lowest BCUT2D eigenvalue weighted by atomic mass is 10.2. The van der Waals surface area contributed by atoms with Gasteiger partial charge >= 0.3 is 0 Å². The number of aromatic nitrogens is 2. The first-order valence-electron chi connectivity index (χ1n) is 9.16. The number of para-hydroxylation sites is 1. The number of nitrogens with zero attached hydrogens (tertiary/aromatic N) is 3. The van der Waals surface area contributed by atoms with E-state index in [-0.39, 0.29) is 5.91 Å². The minimum Gasteiger partial charge on any atom is -0.383 e. The summed E-state index contributed by atoms with van der Waals surface area (Å²) in [6.07, 6.45) is 0. The van der Waals surface area contributed by atoms with Crippen molar-refractivity contribution in [1.82, 2.24) is 15.3 Å². The molecule has 0 bridgehead atoms. The third-order valence-electron chi connectivity index (χ3n) is 4.16. The second-order valence-electron chi connectivity index (χ2n) is 6.35. The molecule has 1 aromatic heterocycles. The molecule has 0 spiro atoms. The molecule has 3 aromatic rings. The van der Waals surface area contributed by atoms with E-state index in [1.165, 1.54) is 0 Å². The second kappa shape index (κ2) is 9.62. The number of methoxy groups -OCH3 is 1. The standard InChI is InChI=1S/C22H24N4O2/c1-17-15-20(21(27)23-13-14-28-2)25-22(24-17)26(19-11-7-4-8-12-19)16-18-9-5-3-6-10-18/h3-12,15H,13-14,16H2,1-2H3,(H,23,27). The van der Waals surface area contributed by atoms with Crippen molar-refractivity contribution in [2.45, 2.75) is 13.5 Å². The molecule has 0 aliphatic carbocycles. The fraction of sp³-hybridized carbons (Fsp3) is 0.227. The van der Waals surface area contributed by atoms with E-state index < -0.39 is 0 Å². The maximum absolute atomic E-state index is 12.5. The molecular formula is C22H24N4O2. The molecule has 1 heterocycles. The number of hydrogen-bond acceptors (Lipinski definition) is 5. The molecule has 0 atom stereocenters. The van der Waals surface area contributed by atoms with E-state index in [1.807, 2.05) is 60.4 Å². The molecule has 2 aromatic carbocycles. The molecule has 3 rings (SSSR count). The molecule has 0 unspecified atom stereocenters. The minimum absolute atomic E-state index is 0.239. The lowest BCUT2D eigenvalue weighted by molar-refractivity contribution is 0.0932. The molecule has 1 amide bonds. The zero-order valence-electron chi connectivity index (χ0n) is 16.1. The Morgan fingerprint density at radius 3 is 2.39 bits per heavy atom. The van der Waals surface area contributed by atoms with Crippen molar-refractivity contribution < 1.29 is 9.53 Å². The van der Waals surface area contributed by atoms with Gasteiger partial charge in [-0.15, -0.1) is 0 Å². The predicted molar refractivity (Wildman–Crippen MR) is 110 cm³/mol. The lowest BCUT2D eigenvalue weighted by Crippen LogP contribution is -2.29. The summed E-state index contributed by atoms with van der Waals surface area (Å²) in [5.41, 5.74) is 3.16.